The topological polar surface area (TPSA) is 283 Å². The Balaban J connectivity index is 0.999. The Kier molecular flexibility index (Phi) is 17.5. The largest absolute Gasteiger partial charge is 0.467 e. The van der Waals surface area contributed by atoms with E-state index >= 15 is 0 Å². The zero-order valence-corrected chi connectivity index (χ0v) is 42.6. The van der Waals surface area contributed by atoms with Crippen molar-refractivity contribution in [1.82, 2.24) is 19.8 Å². The number of ether oxygens (including phenoxy) is 11. The first-order chi connectivity index (χ1) is 36.1. The molecule has 4 aliphatic rings. The zero-order chi connectivity index (χ0) is 53.4. The number of nitrogens with two attached hydrogens (primary N) is 1. The number of hydrogen-bond donors (Lipinski definition) is 3. The SMILES string of the molecule is CC[C@@]1(O)C(=O)OCc2c1cc1n(c2=O)Cc2c-1nc1cc3c(cc1c2CCN(C(=O)OCc1ccc(O[C@H]2C[C@@H](OC(C)=O)C[C@@H](C(=O)OC)O2)c(C(=O)NCCOCCOCCOCCN)c1)C(C)C)OCO3. The number of fused-ring (bicyclic) bond motifs is 6. The van der Waals surface area contributed by atoms with Crippen molar-refractivity contribution in [2.24, 2.45) is 5.73 Å². The van der Waals surface area contributed by atoms with Gasteiger partial charge >= 0.3 is 24.0 Å². The summed E-state index contributed by atoms with van der Waals surface area (Å²) in [7, 11) is 1.21. The molecule has 4 N–H and O–H groups in total. The van der Waals surface area contributed by atoms with Crippen LogP contribution in [0.1, 0.15) is 85.1 Å². The van der Waals surface area contributed by atoms with E-state index in [1.807, 2.05) is 19.9 Å². The Morgan fingerprint density at radius 3 is 2.40 bits per heavy atom. The van der Waals surface area contributed by atoms with Gasteiger partial charge in [-0.15, -0.1) is 0 Å². The Morgan fingerprint density at radius 1 is 0.960 bits per heavy atom. The van der Waals surface area contributed by atoms with Gasteiger partial charge in [-0.2, -0.15) is 0 Å². The molecule has 23 heteroatoms. The van der Waals surface area contributed by atoms with Gasteiger partial charge in [0, 0.05) is 68.0 Å². The molecular weight excluding hydrogens is 983 g/mol. The minimum atomic E-state index is -2.01. The molecule has 4 atom stereocenters. The van der Waals surface area contributed by atoms with Crippen LogP contribution in [-0.4, -0.2) is 147 Å². The average Bonchev–Trinajstić information content (AvgIpc) is 4.01. The number of aliphatic hydroxyl groups is 1. The number of nitrogens with zero attached hydrogens (tertiary/aromatic N) is 3. The highest BCUT2D eigenvalue weighted by Crippen LogP contribution is 2.43. The van der Waals surface area contributed by atoms with Crippen LogP contribution in [0, 0.1) is 0 Å². The monoisotopic (exact) mass is 1050 g/mol. The second kappa shape index (κ2) is 24.2. The Bertz CT molecular complexity index is 2850. The number of carbonyl (C=O) groups excluding carboxylic acids is 5. The van der Waals surface area contributed by atoms with Gasteiger partial charge in [-0.25, -0.2) is 19.4 Å². The molecule has 0 saturated carbocycles. The highest BCUT2D eigenvalue weighted by atomic mass is 16.7. The van der Waals surface area contributed by atoms with E-state index in [2.05, 4.69) is 5.32 Å². The van der Waals surface area contributed by atoms with Gasteiger partial charge in [-0.3, -0.25) is 14.4 Å². The van der Waals surface area contributed by atoms with Gasteiger partial charge in [-0.05, 0) is 62.1 Å². The fourth-order valence-corrected chi connectivity index (χ4v) is 9.44. The fourth-order valence-electron chi connectivity index (χ4n) is 9.44. The summed E-state index contributed by atoms with van der Waals surface area (Å²) in [5.74, 6) is -1.55. The maximum Gasteiger partial charge on any atom is 0.410 e. The number of rotatable bonds is 23. The third-order valence-corrected chi connectivity index (χ3v) is 13.3. The highest BCUT2D eigenvalue weighted by molar-refractivity contribution is 5.97. The summed E-state index contributed by atoms with van der Waals surface area (Å²) >= 11 is 0. The molecule has 0 unspecified atom stereocenters. The van der Waals surface area contributed by atoms with Crippen LogP contribution in [0.25, 0.3) is 22.3 Å². The number of cyclic esters (lactones) is 1. The Morgan fingerprint density at radius 2 is 1.69 bits per heavy atom. The molecule has 404 valence electrons. The molecule has 8 rings (SSSR count). The van der Waals surface area contributed by atoms with Gasteiger partial charge in [-0.1, -0.05) is 13.0 Å². The average molecular weight is 1050 g/mol. The van der Waals surface area contributed by atoms with Crippen molar-refractivity contribution >= 4 is 40.8 Å². The molecule has 0 spiro atoms. The van der Waals surface area contributed by atoms with Crippen molar-refractivity contribution in [3.05, 3.63) is 80.1 Å². The second-order valence-electron chi connectivity index (χ2n) is 18.4. The van der Waals surface area contributed by atoms with Crippen LogP contribution in [0.15, 0.2) is 41.2 Å². The van der Waals surface area contributed by atoms with Crippen LogP contribution in [0.5, 0.6) is 17.2 Å². The van der Waals surface area contributed by atoms with Gasteiger partial charge in [0.25, 0.3) is 11.5 Å². The van der Waals surface area contributed by atoms with Gasteiger partial charge in [0.15, 0.2) is 23.2 Å². The van der Waals surface area contributed by atoms with Gasteiger partial charge in [0.2, 0.25) is 13.1 Å². The molecule has 6 heterocycles. The first-order valence-electron chi connectivity index (χ1n) is 24.9. The highest BCUT2D eigenvalue weighted by Gasteiger charge is 2.46. The smallest absolute Gasteiger partial charge is 0.410 e. The van der Waals surface area contributed by atoms with Crippen molar-refractivity contribution < 1.29 is 81.2 Å². The quantitative estimate of drug-likeness (QED) is 0.0481. The second-order valence-corrected chi connectivity index (χ2v) is 18.4. The van der Waals surface area contributed by atoms with E-state index in [1.165, 1.54) is 26.2 Å². The van der Waals surface area contributed by atoms with E-state index in [9.17, 15) is 33.9 Å². The first kappa shape index (κ1) is 54.4. The van der Waals surface area contributed by atoms with E-state index in [0.29, 0.717) is 66.9 Å². The summed E-state index contributed by atoms with van der Waals surface area (Å²) < 4.78 is 63.0. The molecule has 1 saturated heterocycles. The number of amides is 2. The molecule has 2 aromatic heterocycles. The lowest BCUT2D eigenvalue weighted by molar-refractivity contribution is -0.204. The third kappa shape index (κ3) is 12.1. The lowest BCUT2D eigenvalue weighted by Gasteiger charge is -2.33. The van der Waals surface area contributed by atoms with E-state index in [1.54, 1.807) is 34.6 Å². The Hall–Kier alpha value is -6.89. The van der Waals surface area contributed by atoms with Crippen LogP contribution in [0.2, 0.25) is 0 Å². The molecular formula is C52H63N5O18. The zero-order valence-electron chi connectivity index (χ0n) is 42.6. The fraction of sp³-hybridized carbons (Fsp3) is 0.519. The molecule has 4 aliphatic heterocycles. The van der Waals surface area contributed by atoms with Crippen LogP contribution in [0.4, 0.5) is 4.79 Å². The van der Waals surface area contributed by atoms with E-state index < -0.39 is 59.6 Å². The van der Waals surface area contributed by atoms with Crippen LogP contribution in [-0.2, 0) is 84.1 Å². The molecule has 0 aliphatic carbocycles. The standard InChI is InChI=1S/C52H63N5O18/c1-6-52(64)38-23-40-46-36(25-57(40)48(60)37(38)27-69-50(52)62)33(34-22-42-43(72-28-71-42)24-39(34)55-46)9-12-56(29(2)3)51(63)70-26-31-7-8-41(74-45-21-32(73-30(4)58)20-44(75-45)49(61)65-5)35(19-31)47(59)54-11-14-67-16-18-68-17-15-66-13-10-53/h7-8,19,22-24,29,32,44-45,64H,6,9-18,20-21,25-28,53H2,1-5H3,(H,54,59)/t32-,44-,45+,52-/m0/s1. The van der Waals surface area contributed by atoms with Gasteiger partial charge < -0.3 is 77.7 Å². The summed E-state index contributed by atoms with van der Waals surface area (Å²) in [5, 5.41) is 15.0. The minimum absolute atomic E-state index is 0.0102. The van der Waals surface area contributed by atoms with Crippen LogP contribution >= 0.6 is 0 Å². The maximum atomic E-state index is 14.1. The van der Waals surface area contributed by atoms with Crippen LogP contribution in [0.3, 0.4) is 0 Å². The number of hydrogen-bond acceptors (Lipinski definition) is 20. The van der Waals surface area contributed by atoms with Crippen molar-refractivity contribution in [2.75, 3.05) is 73.2 Å². The number of methoxy groups -OCH3 is 1. The lowest BCUT2D eigenvalue weighted by atomic mass is 9.86. The predicted molar refractivity (Wildman–Crippen MR) is 263 cm³/mol. The molecule has 2 amide bonds. The summed E-state index contributed by atoms with van der Waals surface area (Å²) in [4.78, 5) is 86.0. The maximum absolute atomic E-state index is 14.1. The lowest BCUT2D eigenvalue weighted by Crippen LogP contribution is -2.44. The minimum Gasteiger partial charge on any atom is -0.467 e. The van der Waals surface area contributed by atoms with Crippen molar-refractivity contribution in [3.8, 4) is 28.6 Å². The number of benzene rings is 2. The molecule has 75 heavy (non-hydrogen) atoms. The third-order valence-electron chi connectivity index (χ3n) is 13.3. The van der Waals surface area contributed by atoms with E-state index in [0.717, 1.165) is 16.5 Å². The van der Waals surface area contributed by atoms with E-state index in [4.69, 9.17) is 62.8 Å². The molecule has 1 fully saturated rings. The number of aromatic nitrogens is 2. The molecule has 2 aromatic carbocycles. The number of esters is 3. The summed E-state index contributed by atoms with van der Waals surface area (Å²) in [6.45, 7) is 8.89. The molecule has 23 nitrogen and oxygen atoms in total. The summed E-state index contributed by atoms with van der Waals surface area (Å²) in [5.41, 5.74) is 6.85. The van der Waals surface area contributed by atoms with Crippen molar-refractivity contribution in [2.45, 2.75) is 103 Å². The molecule has 0 bridgehead atoms. The van der Waals surface area contributed by atoms with E-state index in [-0.39, 0.29) is 107 Å². The van der Waals surface area contributed by atoms with Crippen molar-refractivity contribution in [3.63, 3.8) is 0 Å². The summed E-state index contributed by atoms with van der Waals surface area (Å²) in [6.07, 6.45) is -3.27. The van der Waals surface area contributed by atoms with Gasteiger partial charge in [0.1, 0.15) is 25.1 Å². The van der Waals surface area contributed by atoms with Crippen molar-refractivity contribution in [1.29, 1.82) is 0 Å². The Labute approximate surface area is 431 Å². The number of pyridine rings is 2. The summed E-state index contributed by atoms with van der Waals surface area (Å²) in [6, 6.07) is 9.54. The van der Waals surface area contributed by atoms with Gasteiger partial charge in [0.05, 0.1) is 81.3 Å². The normalized spacial score (nSPS) is 19.2. The number of carbonyl (C=O) groups is 5. The van der Waals surface area contributed by atoms with Crippen LogP contribution < -0.4 is 30.8 Å². The first-order valence-corrected chi connectivity index (χ1v) is 24.9. The number of nitrogens with one attached hydrogen (secondary N) is 1. The predicted octanol–water partition coefficient (Wildman–Crippen LogP) is 3.12. The molecule has 4 aromatic rings. The molecule has 0 radical (unpaired) electrons.